The first-order valence-electron chi connectivity index (χ1n) is 9.32. The zero-order chi connectivity index (χ0) is 21.7. The number of allylic oxidation sites excluding steroid dienone is 1. The van der Waals surface area contributed by atoms with Crippen LogP contribution in [0.15, 0.2) is 46.9 Å². The maximum absolute atomic E-state index is 12.4. The average Bonchev–Trinajstić information content (AvgIpc) is 2.68. The Morgan fingerprint density at radius 1 is 1.13 bits per heavy atom. The largest absolute Gasteiger partial charge is 0.506 e. The molecule has 0 heterocycles. The van der Waals surface area contributed by atoms with E-state index in [4.69, 9.17) is 26.2 Å². The molecule has 30 heavy (non-hydrogen) atoms. The van der Waals surface area contributed by atoms with Gasteiger partial charge in [0.25, 0.3) is 0 Å². The molecule has 1 aliphatic rings. The Morgan fingerprint density at radius 2 is 1.83 bits per heavy atom. The average molecular weight is 496 g/mol. The molecule has 0 radical (unpaired) electrons. The van der Waals surface area contributed by atoms with Crippen molar-refractivity contribution in [3.8, 4) is 11.5 Å². The molecule has 158 valence electrons. The fraction of sp³-hybridized carbons (Fsp3) is 0.273. The molecule has 0 aliphatic heterocycles. The van der Waals surface area contributed by atoms with Crippen molar-refractivity contribution in [2.75, 3.05) is 13.2 Å². The van der Waals surface area contributed by atoms with Gasteiger partial charge in [0, 0.05) is 4.47 Å². The molecule has 0 amide bonds. The van der Waals surface area contributed by atoms with Crippen molar-refractivity contribution in [1.29, 1.82) is 0 Å². The van der Waals surface area contributed by atoms with Crippen LogP contribution in [0.3, 0.4) is 0 Å². The van der Waals surface area contributed by atoms with Crippen molar-refractivity contribution in [2.24, 2.45) is 5.92 Å². The van der Waals surface area contributed by atoms with Crippen molar-refractivity contribution in [1.82, 2.24) is 0 Å². The molecule has 6 nitrogen and oxygen atoms in total. The van der Waals surface area contributed by atoms with E-state index in [-0.39, 0.29) is 34.1 Å². The highest BCUT2D eigenvalue weighted by atomic mass is 79.9. The summed E-state index contributed by atoms with van der Waals surface area (Å²) in [5.41, 5.74) is 0.901. The molecule has 0 unspecified atom stereocenters. The van der Waals surface area contributed by atoms with Gasteiger partial charge in [-0.05, 0) is 64.7 Å². The summed E-state index contributed by atoms with van der Waals surface area (Å²) in [6.07, 6.45) is 4.11. The molecule has 0 bridgehead atoms. The fourth-order valence-corrected chi connectivity index (χ4v) is 3.66. The lowest BCUT2D eigenvalue weighted by Crippen LogP contribution is -2.36. The van der Waals surface area contributed by atoms with Gasteiger partial charge in [0.15, 0.2) is 5.78 Å². The third-order valence-electron chi connectivity index (χ3n) is 4.78. The molecular weight excluding hydrogens is 476 g/mol. The zero-order valence-corrected chi connectivity index (χ0v) is 18.2. The Balaban J connectivity index is 1.46. The highest BCUT2D eigenvalue weighted by Gasteiger charge is 2.34. The topological polar surface area (TPSA) is 93.1 Å². The van der Waals surface area contributed by atoms with Crippen LogP contribution in [0.1, 0.15) is 28.8 Å². The van der Waals surface area contributed by atoms with Gasteiger partial charge in [-0.15, -0.1) is 0 Å². The van der Waals surface area contributed by atoms with Crippen LogP contribution >= 0.6 is 27.5 Å². The van der Waals surface area contributed by atoms with Crippen molar-refractivity contribution < 1.29 is 29.3 Å². The number of phenolic OH excluding ortho intramolecular Hbond substituents is 1. The minimum atomic E-state index is -0.765. The Labute approximate surface area is 187 Å². The number of phenols is 1. The van der Waals surface area contributed by atoms with Crippen LogP contribution in [-0.4, -0.2) is 41.3 Å². The van der Waals surface area contributed by atoms with E-state index in [2.05, 4.69) is 15.9 Å². The van der Waals surface area contributed by atoms with E-state index in [0.29, 0.717) is 36.3 Å². The van der Waals surface area contributed by atoms with Crippen LogP contribution < -0.4 is 4.74 Å². The molecule has 2 aromatic carbocycles. The minimum Gasteiger partial charge on any atom is -0.506 e. The van der Waals surface area contributed by atoms with Gasteiger partial charge >= 0.3 is 5.97 Å². The lowest BCUT2D eigenvalue weighted by Gasteiger charge is -2.31. The summed E-state index contributed by atoms with van der Waals surface area (Å²) in [7, 11) is 0. The second-order valence-electron chi connectivity index (χ2n) is 6.87. The highest BCUT2D eigenvalue weighted by molar-refractivity contribution is 9.10. The second kappa shape index (κ2) is 10.1. The lowest BCUT2D eigenvalue weighted by molar-refractivity contribution is -0.151. The van der Waals surface area contributed by atoms with Crippen LogP contribution in [0, 0.1) is 5.92 Å². The zero-order valence-electron chi connectivity index (χ0n) is 15.9. The highest BCUT2D eigenvalue weighted by Crippen LogP contribution is 2.33. The second-order valence-corrected chi connectivity index (χ2v) is 8.13. The van der Waals surface area contributed by atoms with Gasteiger partial charge in [0.2, 0.25) is 0 Å². The number of carbonyl (C=O) groups is 2. The predicted molar refractivity (Wildman–Crippen MR) is 116 cm³/mol. The maximum atomic E-state index is 12.4. The van der Waals surface area contributed by atoms with E-state index >= 15 is 0 Å². The van der Waals surface area contributed by atoms with Crippen molar-refractivity contribution in [3.05, 3.63) is 63.1 Å². The van der Waals surface area contributed by atoms with Crippen LogP contribution in [0.25, 0.3) is 6.08 Å². The smallest absolute Gasteiger partial charge is 0.306 e. The van der Waals surface area contributed by atoms with Crippen LogP contribution in [0.5, 0.6) is 11.5 Å². The minimum absolute atomic E-state index is 0.00119. The van der Waals surface area contributed by atoms with Gasteiger partial charge < -0.3 is 19.7 Å². The van der Waals surface area contributed by atoms with E-state index in [9.17, 15) is 14.7 Å². The first-order valence-corrected chi connectivity index (χ1v) is 10.5. The number of rotatable bonds is 9. The maximum Gasteiger partial charge on any atom is 0.306 e. The molecule has 1 saturated carbocycles. The Hall–Kier alpha value is -2.35. The summed E-state index contributed by atoms with van der Waals surface area (Å²) in [6, 6.07) is 10.3. The third-order valence-corrected chi connectivity index (χ3v) is 5.75. The van der Waals surface area contributed by atoms with Crippen LogP contribution in [0.2, 0.25) is 5.02 Å². The quantitative estimate of drug-likeness (QED) is 0.290. The summed E-state index contributed by atoms with van der Waals surface area (Å²) in [5, 5.41) is 19.0. The van der Waals surface area contributed by atoms with E-state index in [0.717, 1.165) is 5.56 Å². The van der Waals surface area contributed by atoms with Gasteiger partial charge in [0.05, 0.1) is 29.2 Å². The summed E-state index contributed by atoms with van der Waals surface area (Å²) < 4.78 is 11.6. The standard InChI is InChI=1S/C22H20BrClO6/c23-17-6-7-18(24)21(26)20(17)19(25)8-3-13-1-4-15(5-2-13)29-9-10-30-16-11-14(12-16)22(27)28/h1-8,14,16,26H,9-12H2,(H,27,28)/b8-3+. The van der Waals surface area contributed by atoms with Crippen LogP contribution in [0.4, 0.5) is 0 Å². The number of hydrogen-bond donors (Lipinski definition) is 2. The Bertz CT molecular complexity index is 951. The lowest BCUT2D eigenvalue weighted by atomic mass is 9.82. The van der Waals surface area contributed by atoms with E-state index in [1.54, 1.807) is 36.4 Å². The number of benzene rings is 2. The normalized spacial score (nSPS) is 18.2. The number of hydrogen-bond acceptors (Lipinski definition) is 5. The van der Waals surface area contributed by atoms with Crippen LogP contribution in [-0.2, 0) is 9.53 Å². The number of halogens is 2. The van der Waals surface area contributed by atoms with E-state index < -0.39 is 5.97 Å². The number of ketones is 1. The first kappa shape index (κ1) is 22.3. The number of carboxylic acids is 1. The summed E-state index contributed by atoms with van der Waals surface area (Å²) in [6.45, 7) is 0.759. The van der Waals surface area contributed by atoms with Gasteiger partial charge in [-0.2, -0.15) is 0 Å². The SMILES string of the molecule is O=C(/C=C/c1ccc(OCCOC2CC(C(=O)O)C2)cc1)c1c(Br)ccc(Cl)c1O. The van der Waals surface area contributed by atoms with Gasteiger partial charge in [-0.1, -0.05) is 29.8 Å². The summed E-state index contributed by atoms with van der Waals surface area (Å²) in [5.74, 6) is -1.02. The van der Waals surface area contributed by atoms with Crippen molar-refractivity contribution in [2.45, 2.75) is 18.9 Å². The monoisotopic (exact) mass is 494 g/mol. The molecule has 0 atom stereocenters. The number of aliphatic carboxylic acids is 1. The third kappa shape index (κ3) is 5.62. The molecule has 0 aromatic heterocycles. The summed E-state index contributed by atoms with van der Waals surface area (Å²) >= 11 is 9.12. The van der Waals surface area contributed by atoms with Gasteiger partial charge in [-0.3, -0.25) is 9.59 Å². The predicted octanol–water partition coefficient (Wildman–Crippen LogP) is 4.96. The molecule has 8 heteroatoms. The van der Waals surface area contributed by atoms with Crippen molar-refractivity contribution in [3.63, 3.8) is 0 Å². The molecular formula is C22H20BrClO6. The number of carbonyl (C=O) groups excluding carboxylic acids is 1. The molecule has 0 saturated heterocycles. The van der Waals surface area contributed by atoms with E-state index in [1.165, 1.54) is 12.1 Å². The molecule has 2 aromatic rings. The van der Waals surface area contributed by atoms with Crippen molar-refractivity contribution >= 4 is 45.4 Å². The van der Waals surface area contributed by atoms with Gasteiger partial charge in [-0.25, -0.2) is 0 Å². The van der Waals surface area contributed by atoms with E-state index in [1.807, 2.05) is 0 Å². The molecule has 1 fully saturated rings. The first-order chi connectivity index (χ1) is 14.3. The number of aromatic hydroxyl groups is 1. The molecule has 0 spiro atoms. The Morgan fingerprint density at radius 3 is 2.50 bits per heavy atom. The summed E-state index contributed by atoms with van der Waals surface area (Å²) in [4.78, 5) is 23.1. The Kier molecular flexibility index (Phi) is 7.53. The molecule has 1 aliphatic carbocycles. The van der Waals surface area contributed by atoms with Gasteiger partial charge in [0.1, 0.15) is 18.1 Å². The number of carboxylic acid groups (broad SMARTS) is 1. The molecule has 2 N–H and O–H groups in total. The molecule has 3 rings (SSSR count). The number of ether oxygens (including phenoxy) is 2. The fourth-order valence-electron chi connectivity index (χ4n) is 2.98.